The van der Waals surface area contributed by atoms with E-state index in [1.807, 2.05) is 28.9 Å². The predicted molar refractivity (Wildman–Crippen MR) is 92.1 cm³/mol. The molecular weight excluding hydrogens is 316 g/mol. The fourth-order valence-corrected chi connectivity index (χ4v) is 3.77. The van der Waals surface area contributed by atoms with E-state index in [9.17, 15) is 9.59 Å². The van der Waals surface area contributed by atoms with E-state index in [0.717, 1.165) is 18.7 Å². The van der Waals surface area contributed by atoms with Crippen LogP contribution in [0.25, 0.3) is 0 Å². The van der Waals surface area contributed by atoms with Crippen molar-refractivity contribution in [1.82, 2.24) is 19.8 Å². The van der Waals surface area contributed by atoms with Crippen LogP contribution >= 0.6 is 0 Å². The first-order chi connectivity index (χ1) is 12.1. The monoisotopic (exact) mass is 336 g/mol. The fraction of sp³-hybridized carbons (Fsp3) is 0.368. The van der Waals surface area contributed by atoms with Gasteiger partial charge in [-0.15, -0.1) is 0 Å². The summed E-state index contributed by atoms with van der Waals surface area (Å²) in [6.07, 6.45) is 4.20. The van der Waals surface area contributed by atoms with Gasteiger partial charge in [-0.1, -0.05) is 6.07 Å². The second-order valence-corrected chi connectivity index (χ2v) is 7.04. The maximum Gasteiger partial charge on any atom is 0.272 e. The number of hydrogen-bond donors (Lipinski definition) is 0. The smallest absolute Gasteiger partial charge is 0.272 e. The molecule has 2 aliphatic rings. The quantitative estimate of drug-likeness (QED) is 0.838. The molecule has 0 unspecified atom stereocenters. The van der Waals surface area contributed by atoms with Gasteiger partial charge in [0.2, 0.25) is 0 Å². The summed E-state index contributed by atoms with van der Waals surface area (Å²) in [6, 6.07) is 9.06. The molecule has 0 N–H and O–H groups in total. The predicted octanol–water partition coefficient (Wildman–Crippen LogP) is 1.77. The summed E-state index contributed by atoms with van der Waals surface area (Å²) in [4.78, 5) is 37.1. The molecule has 128 valence electrons. The molecule has 0 atom stereocenters. The molecule has 0 aromatic carbocycles. The zero-order valence-corrected chi connectivity index (χ0v) is 14.2. The molecule has 0 aliphatic carbocycles. The van der Waals surface area contributed by atoms with E-state index in [-0.39, 0.29) is 17.2 Å². The van der Waals surface area contributed by atoms with Gasteiger partial charge >= 0.3 is 0 Å². The molecule has 0 bridgehead atoms. The average Bonchev–Trinajstić information content (AvgIpc) is 3.06. The van der Waals surface area contributed by atoms with Gasteiger partial charge in [-0.05, 0) is 37.6 Å². The Hall–Kier alpha value is -2.76. The lowest BCUT2D eigenvalue weighted by Crippen LogP contribution is -2.59. The first kappa shape index (κ1) is 15.7. The molecule has 2 aliphatic heterocycles. The van der Waals surface area contributed by atoms with Crippen LogP contribution < -0.4 is 0 Å². The largest absolute Gasteiger partial charge is 0.338 e. The minimum absolute atomic E-state index is 0.0219. The molecule has 4 rings (SSSR count). The molecule has 6 heteroatoms. The maximum absolute atomic E-state index is 12.5. The number of nitrogens with zero attached hydrogens (tertiary/aromatic N) is 4. The second kappa shape index (κ2) is 5.95. The van der Waals surface area contributed by atoms with Gasteiger partial charge in [-0.25, -0.2) is 4.98 Å². The summed E-state index contributed by atoms with van der Waals surface area (Å²) in [5.41, 5.74) is 2.00. The molecule has 2 amide bonds. The molecule has 2 fully saturated rings. The molecular formula is C19H20N4O2. The molecule has 6 nitrogen and oxygen atoms in total. The lowest BCUT2D eigenvalue weighted by atomic mass is 9.79. The summed E-state index contributed by atoms with van der Waals surface area (Å²) in [5.74, 6) is 0.00135. The van der Waals surface area contributed by atoms with E-state index >= 15 is 0 Å². The Balaban J connectivity index is 1.39. The first-order valence-electron chi connectivity index (χ1n) is 8.49. The van der Waals surface area contributed by atoms with Gasteiger partial charge < -0.3 is 9.80 Å². The number of carbonyl (C=O) groups excluding carboxylic acids is 2. The lowest BCUT2D eigenvalue weighted by Gasteiger charge is -2.47. The summed E-state index contributed by atoms with van der Waals surface area (Å²) in [6.45, 7) is 4.70. The standard InChI is InChI=1S/C19H20N4O2/c1-14-4-2-6-16(21-14)18(25)23-12-19(13-23)7-9-22(11-19)17(24)15-5-3-8-20-10-15/h2-6,8,10H,7,9,11-13H2,1H3. The van der Waals surface area contributed by atoms with Crippen molar-refractivity contribution in [2.24, 2.45) is 5.41 Å². The third kappa shape index (κ3) is 2.88. The van der Waals surface area contributed by atoms with Crippen molar-refractivity contribution >= 4 is 11.8 Å². The number of pyridine rings is 2. The van der Waals surface area contributed by atoms with Crippen LogP contribution in [0.5, 0.6) is 0 Å². The van der Waals surface area contributed by atoms with E-state index in [2.05, 4.69) is 9.97 Å². The fourth-order valence-electron chi connectivity index (χ4n) is 3.77. The van der Waals surface area contributed by atoms with Crippen molar-refractivity contribution in [3.05, 3.63) is 59.7 Å². The minimum atomic E-state index is -0.0219. The Morgan fingerprint density at radius 1 is 1.04 bits per heavy atom. The van der Waals surface area contributed by atoms with Crippen LogP contribution in [0.3, 0.4) is 0 Å². The van der Waals surface area contributed by atoms with Crippen molar-refractivity contribution in [3.63, 3.8) is 0 Å². The van der Waals surface area contributed by atoms with Gasteiger partial charge in [0.25, 0.3) is 11.8 Å². The third-order valence-electron chi connectivity index (χ3n) is 5.08. The van der Waals surface area contributed by atoms with Crippen LogP contribution in [-0.4, -0.2) is 57.8 Å². The number of likely N-dealkylation sites (tertiary alicyclic amines) is 2. The normalized spacial score (nSPS) is 18.3. The Kier molecular flexibility index (Phi) is 3.75. The summed E-state index contributed by atoms with van der Waals surface area (Å²) in [5, 5.41) is 0. The van der Waals surface area contributed by atoms with Crippen molar-refractivity contribution in [3.8, 4) is 0 Å². The highest BCUT2D eigenvalue weighted by atomic mass is 16.2. The Labute approximate surface area is 146 Å². The number of hydrogen-bond acceptors (Lipinski definition) is 4. The highest BCUT2D eigenvalue weighted by molar-refractivity contribution is 5.94. The van der Waals surface area contributed by atoms with Crippen molar-refractivity contribution in [1.29, 1.82) is 0 Å². The van der Waals surface area contributed by atoms with Gasteiger partial charge in [-0.2, -0.15) is 0 Å². The van der Waals surface area contributed by atoms with Crippen LogP contribution in [0, 0.1) is 12.3 Å². The zero-order valence-electron chi connectivity index (χ0n) is 14.2. The average molecular weight is 336 g/mol. The van der Waals surface area contributed by atoms with Crippen LogP contribution in [0.2, 0.25) is 0 Å². The highest BCUT2D eigenvalue weighted by Gasteiger charge is 2.50. The summed E-state index contributed by atoms with van der Waals surface area (Å²) < 4.78 is 0. The van der Waals surface area contributed by atoms with Gasteiger partial charge in [0.05, 0.1) is 5.56 Å². The van der Waals surface area contributed by atoms with E-state index in [1.54, 1.807) is 30.6 Å². The molecule has 1 spiro atoms. The highest BCUT2D eigenvalue weighted by Crippen LogP contribution is 2.40. The molecule has 4 heterocycles. The molecule has 25 heavy (non-hydrogen) atoms. The van der Waals surface area contributed by atoms with E-state index in [1.165, 1.54) is 0 Å². The van der Waals surface area contributed by atoms with Crippen molar-refractivity contribution in [2.45, 2.75) is 13.3 Å². The molecule has 0 radical (unpaired) electrons. The summed E-state index contributed by atoms with van der Waals surface area (Å²) >= 11 is 0. The topological polar surface area (TPSA) is 66.4 Å². The molecule has 2 aromatic heterocycles. The van der Waals surface area contributed by atoms with Crippen molar-refractivity contribution in [2.75, 3.05) is 26.2 Å². The van der Waals surface area contributed by atoms with Gasteiger partial charge in [0.1, 0.15) is 5.69 Å². The minimum Gasteiger partial charge on any atom is -0.338 e. The maximum atomic E-state index is 12.5. The molecule has 2 aromatic rings. The number of aryl methyl sites for hydroxylation is 1. The second-order valence-electron chi connectivity index (χ2n) is 7.04. The third-order valence-corrected chi connectivity index (χ3v) is 5.08. The first-order valence-corrected chi connectivity index (χ1v) is 8.49. The number of aromatic nitrogens is 2. The number of rotatable bonds is 2. The molecule has 2 saturated heterocycles. The van der Waals surface area contributed by atoms with Gasteiger partial charge in [-0.3, -0.25) is 14.6 Å². The van der Waals surface area contributed by atoms with E-state index in [0.29, 0.717) is 30.9 Å². The Morgan fingerprint density at radius 3 is 2.56 bits per heavy atom. The molecule has 0 saturated carbocycles. The van der Waals surface area contributed by atoms with Crippen molar-refractivity contribution < 1.29 is 9.59 Å². The Bertz CT molecular complexity index is 815. The van der Waals surface area contributed by atoms with E-state index < -0.39 is 0 Å². The van der Waals surface area contributed by atoms with Gasteiger partial charge in [0, 0.05) is 49.7 Å². The van der Waals surface area contributed by atoms with Crippen LogP contribution in [0.15, 0.2) is 42.7 Å². The van der Waals surface area contributed by atoms with Crippen LogP contribution in [0.1, 0.15) is 33.0 Å². The van der Waals surface area contributed by atoms with Crippen LogP contribution in [0.4, 0.5) is 0 Å². The van der Waals surface area contributed by atoms with Gasteiger partial charge in [0.15, 0.2) is 0 Å². The Morgan fingerprint density at radius 2 is 1.84 bits per heavy atom. The van der Waals surface area contributed by atoms with Crippen LogP contribution in [-0.2, 0) is 0 Å². The lowest BCUT2D eigenvalue weighted by molar-refractivity contribution is 0.0105. The SMILES string of the molecule is Cc1cccc(C(=O)N2CC3(CCN(C(=O)c4cccnc4)C3)C2)n1. The zero-order chi connectivity index (χ0) is 17.4. The number of carbonyl (C=O) groups is 2. The number of amides is 2. The summed E-state index contributed by atoms with van der Waals surface area (Å²) in [7, 11) is 0. The van der Waals surface area contributed by atoms with E-state index in [4.69, 9.17) is 0 Å².